The van der Waals surface area contributed by atoms with Gasteiger partial charge >= 0.3 is 5.69 Å². The molecule has 0 aliphatic heterocycles. The quantitative estimate of drug-likeness (QED) is 0.597. The Bertz CT molecular complexity index is 795. The molecule has 1 aromatic heterocycles. The van der Waals surface area contributed by atoms with E-state index in [0.29, 0.717) is 11.3 Å². The number of rotatable bonds is 6. The summed E-state index contributed by atoms with van der Waals surface area (Å²) >= 11 is 0. The van der Waals surface area contributed by atoms with Crippen molar-refractivity contribution in [3.63, 3.8) is 0 Å². The van der Waals surface area contributed by atoms with E-state index in [1.165, 1.54) is 25.4 Å². The van der Waals surface area contributed by atoms with Gasteiger partial charge in [0.2, 0.25) is 0 Å². The van der Waals surface area contributed by atoms with Gasteiger partial charge in [0.1, 0.15) is 5.75 Å². The summed E-state index contributed by atoms with van der Waals surface area (Å²) < 4.78 is 10.2. The van der Waals surface area contributed by atoms with Crippen molar-refractivity contribution in [2.75, 3.05) is 7.11 Å². The summed E-state index contributed by atoms with van der Waals surface area (Å²) in [5.74, 6) is 0.368. The smallest absolute Gasteiger partial charge is 0.325 e. The van der Waals surface area contributed by atoms with Crippen LogP contribution in [-0.4, -0.2) is 22.0 Å². The summed E-state index contributed by atoms with van der Waals surface area (Å²) in [5.41, 5.74) is -0.732. The van der Waals surface area contributed by atoms with E-state index in [9.17, 15) is 19.7 Å². The number of nitro benzene ring substituents is 1. The van der Waals surface area contributed by atoms with Crippen LogP contribution in [0, 0.1) is 10.1 Å². The molecular weight excluding hydrogens is 294 g/mol. The Balaban J connectivity index is 2.10. The fourth-order valence-corrected chi connectivity index (χ4v) is 1.78. The minimum Gasteiger partial charge on any atom is -0.497 e. The second-order valence-corrected chi connectivity index (χ2v) is 4.34. The molecule has 0 spiro atoms. The summed E-state index contributed by atoms with van der Waals surface area (Å²) in [6.45, 7) is -0.145. The highest BCUT2D eigenvalue weighted by Crippen LogP contribution is 2.25. The maximum atomic E-state index is 11.5. The van der Waals surface area contributed by atoms with Gasteiger partial charge in [0.05, 0.1) is 42.4 Å². The zero-order chi connectivity index (χ0) is 16.1. The lowest BCUT2D eigenvalue weighted by molar-refractivity contribution is -0.386. The van der Waals surface area contributed by atoms with Gasteiger partial charge in [-0.25, -0.2) is 4.79 Å². The molecule has 2 aromatic rings. The van der Waals surface area contributed by atoms with E-state index in [2.05, 4.69) is 9.97 Å². The fourth-order valence-electron chi connectivity index (χ4n) is 1.78. The minimum absolute atomic E-state index is 0.0567. The summed E-state index contributed by atoms with van der Waals surface area (Å²) in [4.78, 5) is 37.2. The van der Waals surface area contributed by atoms with Crippen LogP contribution in [0.15, 0.2) is 34.0 Å². The molecule has 9 heteroatoms. The van der Waals surface area contributed by atoms with Gasteiger partial charge in [0.25, 0.3) is 11.2 Å². The van der Waals surface area contributed by atoms with Crippen molar-refractivity contribution in [1.29, 1.82) is 0 Å². The van der Waals surface area contributed by atoms with Crippen molar-refractivity contribution in [3.8, 4) is 5.75 Å². The first-order chi connectivity index (χ1) is 10.5. The van der Waals surface area contributed by atoms with E-state index >= 15 is 0 Å². The first kappa shape index (κ1) is 15.4. The van der Waals surface area contributed by atoms with E-state index in [0.717, 1.165) is 0 Å². The molecule has 9 nitrogen and oxygen atoms in total. The highest BCUT2D eigenvalue weighted by atomic mass is 16.6. The first-order valence-corrected chi connectivity index (χ1v) is 6.21. The van der Waals surface area contributed by atoms with Crippen LogP contribution in [0.3, 0.4) is 0 Å². The van der Waals surface area contributed by atoms with E-state index in [1.54, 1.807) is 6.07 Å². The zero-order valence-corrected chi connectivity index (χ0v) is 11.6. The van der Waals surface area contributed by atoms with Gasteiger partial charge in [0, 0.05) is 6.20 Å². The Morgan fingerprint density at radius 1 is 1.23 bits per heavy atom. The topological polar surface area (TPSA) is 127 Å². The molecule has 2 rings (SSSR count). The summed E-state index contributed by atoms with van der Waals surface area (Å²) in [6.07, 6.45) is 1.24. The molecule has 0 aliphatic rings. The van der Waals surface area contributed by atoms with E-state index in [-0.39, 0.29) is 24.5 Å². The molecule has 1 aromatic carbocycles. The SMILES string of the molecule is COc1ccc(COCc2c[nH]c(=O)[nH]c2=O)c([N+](=O)[O-])c1. The highest BCUT2D eigenvalue weighted by Gasteiger charge is 2.15. The molecule has 0 unspecified atom stereocenters. The van der Waals surface area contributed by atoms with Crippen molar-refractivity contribution in [2.45, 2.75) is 13.2 Å². The Kier molecular flexibility index (Phi) is 4.69. The zero-order valence-electron chi connectivity index (χ0n) is 11.6. The van der Waals surface area contributed by atoms with Crippen LogP contribution in [0.4, 0.5) is 5.69 Å². The molecule has 0 aliphatic carbocycles. The molecule has 2 N–H and O–H groups in total. The Labute approximate surface area is 123 Å². The van der Waals surface area contributed by atoms with Crippen LogP contribution in [0.2, 0.25) is 0 Å². The van der Waals surface area contributed by atoms with Gasteiger partial charge in [-0.15, -0.1) is 0 Å². The Hall–Kier alpha value is -2.94. The number of benzene rings is 1. The van der Waals surface area contributed by atoms with Gasteiger partial charge in [-0.2, -0.15) is 0 Å². The van der Waals surface area contributed by atoms with Gasteiger partial charge in [-0.3, -0.25) is 19.9 Å². The molecule has 0 atom stereocenters. The predicted molar refractivity (Wildman–Crippen MR) is 75.8 cm³/mol. The Morgan fingerprint density at radius 2 is 1.95 bits per heavy atom. The Morgan fingerprint density at radius 3 is 2.59 bits per heavy atom. The number of ether oxygens (including phenoxy) is 2. The van der Waals surface area contributed by atoms with Crippen LogP contribution in [-0.2, 0) is 18.0 Å². The van der Waals surface area contributed by atoms with Gasteiger partial charge in [-0.05, 0) is 12.1 Å². The van der Waals surface area contributed by atoms with Crippen LogP contribution < -0.4 is 16.0 Å². The lowest BCUT2D eigenvalue weighted by Gasteiger charge is -2.06. The lowest BCUT2D eigenvalue weighted by Crippen LogP contribution is -2.24. The maximum Gasteiger partial charge on any atom is 0.325 e. The van der Waals surface area contributed by atoms with Crippen LogP contribution in [0.1, 0.15) is 11.1 Å². The molecule has 116 valence electrons. The van der Waals surface area contributed by atoms with Gasteiger partial charge < -0.3 is 14.5 Å². The fraction of sp³-hybridized carbons (Fsp3) is 0.231. The van der Waals surface area contributed by atoms with Gasteiger partial charge in [-0.1, -0.05) is 0 Å². The molecular formula is C13H13N3O6. The van der Waals surface area contributed by atoms with Crippen molar-refractivity contribution in [1.82, 2.24) is 9.97 Å². The van der Waals surface area contributed by atoms with E-state index in [4.69, 9.17) is 9.47 Å². The minimum atomic E-state index is -0.612. The third-order valence-corrected chi connectivity index (χ3v) is 2.90. The van der Waals surface area contributed by atoms with Crippen molar-refractivity contribution in [2.24, 2.45) is 0 Å². The molecule has 0 bridgehead atoms. The van der Waals surface area contributed by atoms with Gasteiger partial charge in [0.15, 0.2) is 0 Å². The summed E-state index contributed by atoms with van der Waals surface area (Å²) in [7, 11) is 1.41. The van der Waals surface area contributed by atoms with E-state index < -0.39 is 16.2 Å². The predicted octanol–water partition coefficient (Wildman–Crippen LogP) is 0.697. The number of hydrogen-bond acceptors (Lipinski definition) is 6. The van der Waals surface area contributed by atoms with Crippen LogP contribution in [0.25, 0.3) is 0 Å². The molecule has 22 heavy (non-hydrogen) atoms. The number of nitrogens with one attached hydrogen (secondary N) is 2. The standard InChI is InChI=1S/C13H13N3O6/c1-21-10-3-2-8(11(4-10)16(19)20)6-22-7-9-5-14-13(18)15-12(9)17/h2-5H,6-7H2,1H3,(H2,14,15,17,18). The molecule has 1 heterocycles. The van der Waals surface area contributed by atoms with Crippen molar-refractivity contribution >= 4 is 5.69 Å². The summed E-state index contributed by atoms with van der Waals surface area (Å²) in [5, 5.41) is 11.0. The molecule has 0 saturated carbocycles. The van der Waals surface area contributed by atoms with Crippen molar-refractivity contribution in [3.05, 3.63) is 66.5 Å². The molecule has 0 radical (unpaired) electrons. The first-order valence-electron chi connectivity index (χ1n) is 6.21. The largest absolute Gasteiger partial charge is 0.497 e. The second-order valence-electron chi connectivity index (χ2n) is 4.34. The van der Waals surface area contributed by atoms with Crippen molar-refractivity contribution < 1.29 is 14.4 Å². The third kappa shape index (κ3) is 3.58. The third-order valence-electron chi connectivity index (χ3n) is 2.90. The number of aromatic amines is 2. The number of nitro groups is 1. The number of aromatic nitrogens is 2. The number of hydrogen-bond donors (Lipinski definition) is 2. The average molecular weight is 307 g/mol. The number of H-pyrrole nitrogens is 2. The van der Waals surface area contributed by atoms with Crippen LogP contribution in [0.5, 0.6) is 5.75 Å². The molecule has 0 amide bonds. The second kappa shape index (κ2) is 6.68. The monoisotopic (exact) mass is 307 g/mol. The van der Waals surface area contributed by atoms with E-state index in [1.807, 2.05) is 0 Å². The number of methoxy groups -OCH3 is 1. The normalized spacial score (nSPS) is 10.4. The summed E-state index contributed by atoms with van der Waals surface area (Å²) in [6, 6.07) is 4.40. The highest BCUT2D eigenvalue weighted by molar-refractivity contribution is 5.45. The lowest BCUT2D eigenvalue weighted by atomic mass is 10.2. The van der Waals surface area contributed by atoms with Crippen LogP contribution >= 0.6 is 0 Å². The molecule has 0 fully saturated rings. The number of nitrogens with zero attached hydrogens (tertiary/aromatic N) is 1. The average Bonchev–Trinajstić information content (AvgIpc) is 2.49. The maximum absolute atomic E-state index is 11.5. The molecule has 0 saturated heterocycles.